The monoisotopic (exact) mass is 524 g/mol. The molecule has 0 spiro atoms. The lowest BCUT2D eigenvalue weighted by molar-refractivity contribution is 0.415. The summed E-state index contributed by atoms with van der Waals surface area (Å²) in [4.78, 5) is 3.04. The first-order valence-corrected chi connectivity index (χ1v) is 12.9. The highest BCUT2D eigenvalue weighted by atomic mass is 32.2. The van der Waals surface area contributed by atoms with E-state index in [-0.39, 0.29) is 17.2 Å². The van der Waals surface area contributed by atoms with Crippen molar-refractivity contribution < 1.29 is 30.7 Å². The number of anilines is 1. The molecule has 16 heteroatoms. The van der Waals surface area contributed by atoms with E-state index >= 15 is 0 Å². The van der Waals surface area contributed by atoms with Gasteiger partial charge in [-0.05, 0) is 37.3 Å². The Morgan fingerprint density at radius 1 is 1.06 bits per heavy atom. The lowest BCUT2D eigenvalue weighted by atomic mass is 10.3. The molecule has 0 saturated carbocycles. The molecule has 0 aliphatic carbocycles. The number of ether oxygens (including phenoxy) is 1. The molecule has 4 rings (SSSR count). The average Bonchev–Trinajstić information content (AvgIpc) is 3.29. The first-order chi connectivity index (χ1) is 15.9. The molecule has 4 aromatic rings. The fraction of sp³-hybridized carbons (Fsp3) is 0.111. The van der Waals surface area contributed by atoms with Gasteiger partial charge in [0.05, 0.1) is 33.6 Å². The van der Waals surface area contributed by atoms with Crippen molar-refractivity contribution in [3.63, 3.8) is 0 Å². The van der Waals surface area contributed by atoms with Gasteiger partial charge in [0.1, 0.15) is 10.6 Å². The number of nitrogens with zero attached hydrogens (tertiary/aromatic N) is 5. The van der Waals surface area contributed by atoms with Gasteiger partial charge in [-0.3, -0.25) is 9.11 Å². The van der Waals surface area contributed by atoms with E-state index in [2.05, 4.69) is 20.3 Å². The number of rotatable bonds is 6. The van der Waals surface area contributed by atoms with E-state index in [4.69, 9.17) is 10.5 Å². The maximum Gasteiger partial charge on any atom is 0.296 e. The lowest BCUT2D eigenvalue weighted by Gasteiger charge is -2.10. The summed E-state index contributed by atoms with van der Waals surface area (Å²) in [5.41, 5.74) is 6.64. The molecule has 2 aromatic carbocycles. The van der Waals surface area contributed by atoms with Crippen molar-refractivity contribution in [2.45, 2.75) is 16.7 Å². The van der Waals surface area contributed by atoms with Crippen molar-refractivity contribution in [2.24, 2.45) is 10.2 Å². The van der Waals surface area contributed by atoms with Gasteiger partial charge in [-0.15, -0.1) is 10.2 Å². The molecule has 0 amide bonds. The summed E-state index contributed by atoms with van der Waals surface area (Å²) < 4.78 is 72.6. The predicted octanol–water partition coefficient (Wildman–Crippen LogP) is 3.29. The number of fused-ring (bicyclic) bond motifs is 1. The van der Waals surface area contributed by atoms with Crippen LogP contribution < -0.4 is 10.5 Å². The fourth-order valence-corrected chi connectivity index (χ4v) is 4.96. The normalized spacial score (nSPS) is 12.6. The minimum absolute atomic E-state index is 0.0652. The molecule has 4 N–H and O–H groups in total. The van der Waals surface area contributed by atoms with Crippen molar-refractivity contribution in [2.75, 3.05) is 12.8 Å². The molecule has 13 nitrogen and oxygen atoms in total. The smallest absolute Gasteiger partial charge is 0.296 e. The second kappa shape index (κ2) is 8.41. The number of nitrogens with two attached hydrogens (primary N) is 1. The van der Waals surface area contributed by atoms with Crippen LogP contribution >= 0.6 is 11.3 Å². The molecule has 0 aliphatic rings. The van der Waals surface area contributed by atoms with Crippen LogP contribution in [0.5, 0.6) is 5.75 Å². The van der Waals surface area contributed by atoms with E-state index < -0.39 is 35.7 Å². The third kappa shape index (κ3) is 4.48. The molecule has 0 aliphatic heterocycles. The van der Waals surface area contributed by atoms with Crippen LogP contribution in [0.15, 0.2) is 56.4 Å². The average molecular weight is 525 g/mol. The third-order valence-electron chi connectivity index (χ3n) is 4.62. The molecule has 0 atom stereocenters. The zero-order valence-electron chi connectivity index (χ0n) is 17.4. The summed E-state index contributed by atoms with van der Waals surface area (Å²) in [5.74, 6) is 0.436. The Labute approximate surface area is 197 Å². The Morgan fingerprint density at radius 3 is 2.44 bits per heavy atom. The Hall–Kier alpha value is -3.44. The summed E-state index contributed by atoms with van der Waals surface area (Å²) in [5, 5.41) is 12.6. The molecule has 178 valence electrons. The summed E-state index contributed by atoms with van der Waals surface area (Å²) in [6.07, 6.45) is 0. The zero-order valence-corrected chi connectivity index (χ0v) is 19.9. The minimum atomic E-state index is -4.81. The van der Waals surface area contributed by atoms with Crippen LogP contribution in [-0.2, 0) is 20.2 Å². The largest absolute Gasteiger partial charge is 0.497 e. The standard InChI is InChI=1S/C18H16N6O7S3/c1-9-16(21-22-18-20-12-7-10(31-2)3-5-14(12)32-18)17(19)24(23-9)13-8-11(33(25,26)27)4-6-15(13)34(28,29)30/h3-8H,19H2,1-2H3,(H,25,26,27)(H,28,29,30). The van der Waals surface area contributed by atoms with E-state index in [9.17, 15) is 25.9 Å². The minimum Gasteiger partial charge on any atom is -0.497 e. The molecular weight excluding hydrogens is 508 g/mol. The van der Waals surface area contributed by atoms with Crippen LogP contribution in [0, 0.1) is 6.92 Å². The van der Waals surface area contributed by atoms with Crippen molar-refractivity contribution in [1.82, 2.24) is 14.8 Å². The molecule has 34 heavy (non-hydrogen) atoms. The van der Waals surface area contributed by atoms with Gasteiger partial charge in [0.2, 0.25) is 5.13 Å². The Kier molecular flexibility index (Phi) is 5.86. The summed E-state index contributed by atoms with van der Waals surface area (Å²) in [6.45, 7) is 1.52. The van der Waals surface area contributed by atoms with Gasteiger partial charge in [-0.2, -0.15) is 21.9 Å². The summed E-state index contributed by atoms with van der Waals surface area (Å²) in [7, 11) is -7.96. The quantitative estimate of drug-likeness (QED) is 0.248. The SMILES string of the molecule is COc1ccc2sc(N=Nc3c(C)nn(-c4cc(S(=O)(=O)O)ccc4S(=O)(=O)O)c3N)nc2c1. The number of aryl methyl sites for hydroxylation is 1. The van der Waals surface area contributed by atoms with Gasteiger partial charge in [0, 0.05) is 6.07 Å². The maximum atomic E-state index is 11.8. The van der Waals surface area contributed by atoms with Crippen molar-refractivity contribution in [3.8, 4) is 11.4 Å². The van der Waals surface area contributed by atoms with E-state index in [0.29, 0.717) is 16.4 Å². The van der Waals surface area contributed by atoms with Gasteiger partial charge < -0.3 is 10.5 Å². The number of aromatic nitrogens is 3. The maximum absolute atomic E-state index is 11.8. The highest BCUT2D eigenvalue weighted by Gasteiger charge is 2.24. The Balaban J connectivity index is 1.80. The van der Waals surface area contributed by atoms with E-state index in [1.54, 1.807) is 12.1 Å². The number of nitrogen functional groups attached to an aromatic ring is 1. The van der Waals surface area contributed by atoms with Gasteiger partial charge in [-0.1, -0.05) is 11.3 Å². The number of azo groups is 1. The first kappa shape index (κ1) is 23.7. The van der Waals surface area contributed by atoms with Crippen LogP contribution in [-0.4, -0.2) is 47.8 Å². The van der Waals surface area contributed by atoms with Gasteiger partial charge in [0.25, 0.3) is 20.2 Å². The van der Waals surface area contributed by atoms with Crippen molar-refractivity contribution >= 4 is 58.4 Å². The molecule has 2 heterocycles. The zero-order chi connectivity index (χ0) is 24.8. The van der Waals surface area contributed by atoms with Gasteiger partial charge in [0.15, 0.2) is 11.5 Å². The van der Waals surface area contributed by atoms with Crippen molar-refractivity contribution in [3.05, 3.63) is 42.1 Å². The molecule has 0 fully saturated rings. The third-order valence-corrected chi connectivity index (χ3v) is 7.29. The summed E-state index contributed by atoms with van der Waals surface area (Å²) in [6, 6.07) is 7.77. The van der Waals surface area contributed by atoms with Crippen LogP contribution in [0.4, 0.5) is 16.6 Å². The summed E-state index contributed by atoms with van der Waals surface area (Å²) >= 11 is 1.26. The fourth-order valence-electron chi connectivity index (χ4n) is 3.04. The van der Waals surface area contributed by atoms with E-state index in [1.807, 2.05) is 6.07 Å². The van der Waals surface area contributed by atoms with Gasteiger partial charge in [-0.25, -0.2) is 9.67 Å². The highest BCUT2D eigenvalue weighted by molar-refractivity contribution is 7.86. The first-order valence-electron chi connectivity index (χ1n) is 9.19. The lowest BCUT2D eigenvalue weighted by Crippen LogP contribution is -2.11. The Bertz CT molecular complexity index is 1670. The number of hydrogen-bond donors (Lipinski definition) is 3. The van der Waals surface area contributed by atoms with Crippen LogP contribution in [0.2, 0.25) is 0 Å². The van der Waals surface area contributed by atoms with Gasteiger partial charge >= 0.3 is 0 Å². The van der Waals surface area contributed by atoms with E-state index in [0.717, 1.165) is 27.6 Å². The number of methoxy groups -OCH3 is 1. The number of thiazole rings is 1. The van der Waals surface area contributed by atoms with Crippen LogP contribution in [0.1, 0.15) is 5.69 Å². The second-order valence-corrected chi connectivity index (χ2v) is 10.7. The van der Waals surface area contributed by atoms with Crippen LogP contribution in [0.3, 0.4) is 0 Å². The number of hydrogen-bond acceptors (Lipinski definition) is 11. The van der Waals surface area contributed by atoms with E-state index in [1.165, 1.54) is 25.4 Å². The molecule has 0 unspecified atom stereocenters. The second-order valence-electron chi connectivity index (χ2n) is 6.84. The van der Waals surface area contributed by atoms with Crippen LogP contribution in [0.25, 0.3) is 15.9 Å². The van der Waals surface area contributed by atoms with Crippen molar-refractivity contribution in [1.29, 1.82) is 0 Å². The Morgan fingerprint density at radius 2 is 1.79 bits per heavy atom. The molecular formula is C18H16N6O7S3. The molecule has 0 saturated heterocycles. The molecule has 0 bridgehead atoms. The molecule has 2 aromatic heterocycles. The predicted molar refractivity (Wildman–Crippen MR) is 123 cm³/mol. The highest BCUT2D eigenvalue weighted by Crippen LogP contribution is 2.35. The molecule has 0 radical (unpaired) electrons. The topological polar surface area (TPSA) is 199 Å². The number of benzene rings is 2.